The quantitative estimate of drug-likeness (QED) is 0.180. The third-order valence-electron chi connectivity index (χ3n) is 5.90. The van der Waals surface area contributed by atoms with Crippen LogP contribution in [0.5, 0.6) is 5.75 Å². The molecule has 0 aliphatic carbocycles. The highest BCUT2D eigenvalue weighted by Gasteiger charge is 2.64. The number of hydrogen-bond acceptors (Lipinski definition) is 6. The fourth-order valence-electron chi connectivity index (χ4n) is 4.26. The molecule has 0 N–H and O–H groups in total. The van der Waals surface area contributed by atoms with Gasteiger partial charge in [0.05, 0.1) is 0 Å². The first-order valence-corrected chi connectivity index (χ1v) is 14.0. The maximum absolute atomic E-state index is 13.8. The molecule has 0 heterocycles. The molecule has 0 aliphatic rings. The van der Waals surface area contributed by atoms with E-state index in [0.29, 0.717) is 11.5 Å². The molecule has 0 radical (unpaired) electrons. The summed E-state index contributed by atoms with van der Waals surface area (Å²) in [5.41, 5.74) is -14.5. The van der Waals surface area contributed by atoms with Gasteiger partial charge >= 0.3 is 11.0 Å². The second kappa shape index (κ2) is 9.99. The Labute approximate surface area is 218 Å². The molecule has 6 nitrogen and oxygen atoms in total. The molecule has 208 valence electrons. The average molecular weight is 593 g/mol. The van der Waals surface area contributed by atoms with Gasteiger partial charge in [-0.1, -0.05) is 66.7 Å². The topological polar surface area (TPSA) is 86.7 Å². The van der Waals surface area contributed by atoms with E-state index in [-0.39, 0.29) is 27.5 Å². The fourth-order valence-corrected chi connectivity index (χ4v) is 7.80. The lowest BCUT2D eigenvalue weighted by atomic mass is 9.90. The molecule has 14 heteroatoms. The Balaban J connectivity index is 2.28. The standard InChI is InChI=1S/C25H18F6O6S2/c1-36-14-37-20-13-11-16-7-3-5-9-18(16)22(20)21-17-8-4-2-6-15(17)10-12-19(21)23(38(32,33)24(26,27)28)39(34,35)25(29,30)31/h2-13,23H,14H2,1H3. The van der Waals surface area contributed by atoms with E-state index in [9.17, 15) is 43.2 Å². The summed E-state index contributed by atoms with van der Waals surface area (Å²) < 4.78 is 140. The highest BCUT2D eigenvalue weighted by atomic mass is 32.3. The van der Waals surface area contributed by atoms with E-state index in [4.69, 9.17) is 9.47 Å². The van der Waals surface area contributed by atoms with E-state index >= 15 is 0 Å². The molecule has 0 aliphatic heterocycles. The Kier molecular flexibility index (Phi) is 7.34. The first-order chi connectivity index (χ1) is 18.1. The van der Waals surface area contributed by atoms with E-state index in [1.807, 2.05) is 0 Å². The molecular formula is C25H18F6O6S2. The molecule has 0 saturated carbocycles. The van der Waals surface area contributed by atoms with Crippen LogP contribution < -0.4 is 4.74 Å². The van der Waals surface area contributed by atoms with Crippen LogP contribution in [0, 0.1) is 0 Å². The number of benzene rings is 4. The number of alkyl halides is 6. The molecule has 0 bridgehead atoms. The second-order valence-electron chi connectivity index (χ2n) is 8.28. The van der Waals surface area contributed by atoms with Gasteiger partial charge in [0.25, 0.3) is 19.7 Å². The molecule has 0 atom stereocenters. The molecule has 0 saturated heterocycles. The zero-order valence-corrected chi connectivity index (χ0v) is 21.4. The van der Waals surface area contributed by atoms with Crippen molar-refractivity contribution in [2.24, 2.45) is 0 Å². The highest BCUT2D eigenvalue weighted by molar-refractivity contribution is 8.09. The van der Waals surface area contributed by atoms with Gasteiger partial charge in [0, 0.05) is 12.7 Å². The molecule has 0 fully saturated rings. The van der Waals surface area contributed by atoms with E-state index in [1.165, 1.54) is 49.6 Å². The van der Waals surface area contributed by atoms with Crippen LogP contribution >= 0.6 is 0 Å². The summed E-state index contributed by atoms with van der Waals surface area (Å²) in [6.07, 6.45) is 0. The van der Waals surface area contributed by atoms with Crippen LogP contribution in [0.15, 0.2) is 72.8 Å². The van der Waals surface area contributed by atoms with Crippen molar-refractivity contribution < 1.29 is 52.7 Å². The maximum atomic E-state index is 13.8. The van der Waals surface area contributed by atoms with Gasteiger partial charge in [-0.3, -0.25) is 0 Å². The van der Waals surface area contributed by atoms with Crippen molar-refractivity contribution in [1.82, 2.24) is 0 Å². The van der Waals surface area contributed by atoms with Gasteiger partial charge in [-0.15, -0.1) is 0 Å². The lowest BCUT2D eigenvalue weighted by molar-refractivity contribution is -0.0472. The number of methoxy groups -OCH3 is 1. The first kappa shape index (κ1) is 28.6. The number of fused-ring (bicyclic) bond motifs is 2. The summed E-state index contributed by atoms with van der Waals surface area (Å²) in [6, 6.07) is 16.6. The SMILES string of the molecule is COCOc1ccc2ccccc2c1-c1c(C(S(=O)(=O)C(F)(F)F)S(=O)(=O)C(F)(F)F)ccc2ccccc12. The summed E-state index contributed by atoms with van der Waals surface area (Å²) in [4.78, 5) is 0. The highest BCUT2D eigenvalue weighted by Crippen LogP contribution is 2.51. The first-order valence-electron chi connectivity index (χ1n) is 10.9. The Morgan fingerprint density at radius 2 is 1.13 bits per heavy atom. The molecule has 0 amide bonds. The molecule has 4 aromatic rings. The molecule has 0 spiro atoms. The average Bonchev–Trinajstić information content (AvgIpc) is 2.85. The zero-order valence-electron chi connectivity index (χ0n) is 19.7. The molecule has 4 rings (SSSR count). The lowest BCUT2D eigenvalue weighted by Gasteiger charge is -2.25. The van der Waals surface area contributed by atoms with Crippen LogP contribution in [0.3, 0.4) is 0 Å². The summed E-state index contributed by atoms with van der Waals surface area (Å²) >= 11 is 0. The van der Waals surface area contributed by atoms with E-state index in [0.717, 1.165) is 6.07 Å². The number of halogens is 6. The second-order valence-corrected chi connectivity index (χ2v) is 12.6. The molecule has 39 heavy (non-hydrogen) atoms. The Morgan fingerprint density at radius 3 is 1.62 bits per heavy atom. The van der Waals surface area contributed by atoms with E-state index in [1.54, 1.807) is 18.2 Å². The minimum Gasteiger partial charge on any atom is -0.467 e. The van der Waals surface area contributed by atoms with Gasteiger partial charge in [0.2, 0.25) is 4.58 Å². The van der Waals surface area contributed by atoms with Gasteiger partial charge in [-0.05, 0) is 38.7 Å². The Bertz CT molecular complexity index is 1720. The largest absolute Gasteiger partial charge is 0.499 e. The normalized spacial score (nSPS) is 13.3. The van der Waals surface area contributed by atoms with Crippen molar-refractivity contribution in [2.75, 3.05) is 13.9 Å². The predicted molar refractivity (Wildman–Crippen MR) is 132 cm³/mol. The molecular weight excluding hydrogens is 574 g/mol. The fraction of sp³-hybridized carbons (Fsp3) is 0.200. The van der Waals surface area contributed by atoms with Crippen LogP contribution in [-0.4, -0.2) is 41.8 Å². The number of ether oxygens (including phenoxy) is 2. The Hall–Kier alpha value is -3.36. The number of rotatable bonds is 7. The third-order valence-corrected chi connectivity index (χ3v) is 10.3. The van der Waals surface area contributed by atoms with Crippen molar-refractivity contribution >= 4 is 41.2 Å². The predicted octanol–water partition coefficient (Wildman–Crippen LogP) is 6.51. The number of hydrogen-bond donors (Lipinski definition) is 0. The molecule has 0 unspecified atom stereocenters. The maximum Gasteiger partial charge on any atom is 0.499 e. The molecule has 0 aromatic heterocycles. The summed E-state index contributed by atoms with van der Waals surface area (Å²) in [5, 5.41) is 0.990. The summed E-state index contributed by atoms with van der Waals surface area (Å²) in [6.45, 7) is -0.392. The summed E-state index contributed by atoms with van der Waals surface area (Å²) in [7, 11) is -12.7. The van der Waals surface area contributed by atoms with Crippen molar-refractivity contribution in [3.8, 4) is 16.9 Å². The smallest absolute Gasteiger partial charge is 0.467 e. The third kappa shape index (κ3) is 4.92. The van der Waals surface area contributed by atoms with Crippen LogP contribution in [0.4, 0.5) is 26.3 Å². The van der Waals surface area contributed by atoms with Crippen LogP contribution in [0.1, 0.15) is 10.1 Å². The van der Waals surface area contributed by atoms with E-state index < -0.39 is 53.2 Å². The van der Waals surface area contributed by atoms with Crippen LogP contribution in [-0.2, 0) is 24.4 Å². The summed E-state index contributed by atoms with van der Waals surface area (Å²) in [5.74, 6) is -0.0966. The van der Waals surface area contributed by atoms with Gasteiger partial charge < -0.3 is 9.47 Å². The van der Waals surface area contributed by atoms with Gasteiger partial charge in [0.1, 0.15) is 5.75 Å². The van der Waals surface area contributed by atoms with Crippen molar-refractivity contribution in [3.05, 3.63) is 78.4 Å². The van der Waals surface area contributed by atoms with Crippen molar-refractivity contribution in [3.63, 3.8) is 0 Å². The zero-order chi connectivity index (χ0) is 28.8. The van der Waals surface area contributed by atoms with Gasteiger partial charge in [-0.2, -0.15) is 26.3 Å². The van der Waals surface area contributed by atoms with Gasteiger partial charge in [-0.25, -0.2) is 16.8 Å². The monoisotopic (exact) mass is 592 g/mol. The van der Waals surface area contributed by atoms with Crippen molar-refractivity contribution in [1.29, 1.82) is 0 Å². The molecule has 4 aromatic carbocycles. The van der Waals surface area contributed by atoms with Crippen LogP contribution in [0.2, 0.25) is 0 Å². The lowest BCUT2D eigenvalue weighted by Crippen LogP contribution is -2.39. The minimum atomic E-state index is -6.99. The Morgan fingerprint density at radius 1 is 0.667 bits per heavy atom. The van der Waals surface area contributed by atoms with E-state index in [2.05, 4.69) is 0 Å². The van der Waals surface area contributed by atoms with Crippen molar-refractivity contribution in [2.45, 2.75) is 15.6 Å². The van der Waals surface area contributed by atoms with Gasteiger partial charge in [0.15, 0.2) is 6.79 Å². The van der Waals surface area contributed by atoms with Crippen LogP contribution in [0.25, 0.3) is 32.7 Å². The number of sulfone groups is 2. The minimum absolute atomic E-state index is 0.00614.